The fraction of sp³-hybridized carbons (Fsp3) is 0.417. The molecule has 2 aromatic carbocycles. The second-order valence-corrected chi connectivity index (χ2v) is 10.6. The molecule has 30 heavy (non-hydrogen) atoms. The first kappa shape index (κ1) is 19.8. The Balaban J connectivity index is 1.38. The Kier molecular flexibility index (Phi) is 4.76. The smallest absolute Gasteiger partial charge is 0.296 e. The van der Waals surface area contributed by atoms with Crippen LogP contribution in [0.5, 0.6) is 0 Å². The SMILES string of the molecule is Cc1ccc(S(=O)(=O)OC[C@@H]2C[C@@H]3c4cccc5c4c(cn5C)C[C@H]3N(C)C2)cc1. The van der Waals surface area contributed by atoms with E-state index in [0.29, 0.717) is 12.0 Å². The van der Waals surface area contributed by atoms with Crippen molar-refractivity contribution in [2.75, 3.05) is 20.2 Å². The number of aromatic nitrogens is 1. The minimum Gasteiger partial charge on any atom is -0.350 e. The number of aryl methyl sites for hydroxylation is 2. The van der Waals surface area contributed by atoms with Crippen molar-refractivity contribution in [3.8, 4) is 0 Å². The maximum absolute atomic E-state index is 12.6. The van der Waals surface area contributed by atoms with E-state index in [1.807, 2.05) is 6.92 Å². The van der Waals surface area contributed by atoms with Gasteiger partial charge in [0.25, 0.3) is 10.1 Å². The minimum absolute atomic E-state index is 0.178. The number of likely N-dealkylation sites (tertiary alicyclic amines) is 1. The number of hydrogen-bond acceptors (Lipinski definition) is 4. The predicted molar refractivity (Wildman–Crippen MR) is 118 cm³/mol. The molecule has 0 bridgehead atoms. The summed E-state index contributed by atoms with van der Waals surface area (Å²) in [5.74, 6) is 0.579. The summed E-state index contributed by atoms with van der Waals surface area (Å²) in [5.41, 5.74) is 5.13. The number of hydrogen-bond donors (Lipinski definition) is 0. The monoisotopic (exact) mass is 424 g/mol. The summed E-state index contributed by atoms with van der Waals surface area (Å²) in [6.45, 7) is 3.01. The summed E-state index contributed by atoms with van der Waals surface area (Å²) in [4.78, 5) is 2.63. The Hall–Kier alpha value is -2.15. The fourth-order valence-corrected chi connectivity index (χ4v) is 6.39. The summed E-state index contributed by atoms with van der Waals surface area (Å²) >= 11 is 0. The number of fused-ring (bicyclic) bond motifs is 2. The molecule has 0 radical (unpaired) electrons. The lowest BCUT2D eigenvalue weighted by Crippen LogP contribution is -2.48. The van der Waals surface area contributed by atoms with Gasteiger partial charge in [0.15, 0.2) is 0 Å². The van der Waals surface area contributed by atoms with Gasteiger partial charge in [-0.15, -0.1) is 0 Å². The molecule has 0 saturated carbocycles. The third-order valence-corrected chi connectivity index (χ3v) is 8.18. The number of rotatable bonds is 4. The average Bonchev–Trinajstić information content (AvgIpc) is 3.05. The zero-order valence-corrected chi connectivity index (χ0v) is 18.5. The highest BCUT2D eigenvalue weighted by atomic mass is 32.2. The molecule has 1 fully saturated rings. The van der Waals surface area contributed by atoms with E-state index in [0.717, 1.165) is 24.9 Å². The molecule has 5 nitrogen and oxygen atoms in total. The van der Waals surface area contributed by atoms with Gasteiger partial charge in [0, 0.05) is 42.7 Å². The van der Waals surface area contributed by atoms with E-state index in [1.54, 1.807) is 24.3 Å². The first-order chi connectivity index (χ1) is 14.3. The van der Waals surface area contributed by atoms with Crippen LogP contribution < -0.4 is 0 Å². The molecule has 1 aliphatic heterocycles. The molecular formula is C24H28N2O3S. The second kappa shape index (κ2) is 7.22. The van der Waals surface area contributed by atoms with Crippen molar-refractivity contribution in [2.45, 2.75) is 36.6 Å². The molecule has 1 saturated heterocycles. The molecule has 6 heteroatoms. The standard InChI is InChI=1S/C24H28N2O3S/c1-16-7-9-19(10-8-16)30(27,28)29-15-17-11-21-20-5-4-6-22-24(20)18(14-26(22)3)12-23(21)25(2)13-17/h4-10,14,17,21,23H,11-13,15H2,1-3H3/t17-,21-,23-/m1/s1. The summed E-state index contributed by atoms with van der Waals surface area (Å²) in [7, 11) is 0.540. The van der Waals surface area contributed by atoms with Crippen molar-refractivity contribution in [3.63, 3.8) is 0 Å². The molecule has 2 heterocycles. The molecule has 3 aromatic rings. The summed E-state index contributed by atoms with van der Waals surface area (Å²) in [6, 6.07) is 13.9. The van der Waals surface area contributed by atoms with E-state index in [-0.39, 0.29) is 17.4 Å². The van der Waals surface area contributed by atoms with Crippen LogP contribution in [0.3, 0.4) is 0 Å². The van der Waals surface area contributed by atoms with Crippen molar-refractivity contribution in [2.24, 2.45) is 13.0 Å². The van der Waals surface area contributed by atoms with Crippen LogP contribution >= 0.6 is 0 Å². The minimum atomic E-state index is -3.73. The number of likely N-dealkylation sites (N-methyl/N-ethyl adjacent to an activating group) is 1. The summed E-state index contributed by atoms with van der Waals surface area (Å²) in [6.07, 6.45) is 4.26. The van der Waals surface area contributed by atoms with E-state index in [1.165, 1.54) is 22.0 Å². The van der Waals surface area contributed by atoms with Gasteiger partial charge in [-0.1, -0.05) is 29.8 Å². The molecule has 5 rings (SSSR count). The van der Waals surface area contributed by atoms with Gasteiger partial charge < -0.3 is 9.47 Å². The van der Waals surface area contributed by atoms with Gasteiger partial charge in [0.05, 0.1) is 11.5 Å². The highest BCUT2D eigenvalue weighted by Gasteiger charge is 2.40. The maximum Gasteiger partial charge on any atom is 0.296 e. The Morgan fingerprint density at radius 1 is 1.10 bits per heavy atom. The van der Waals surface area contributed by atoms with Crippen LogP contribution in [0.2, 0.25) is 0 Å². The zero-order chi connectivity index (χ0) is 21.0. The van der Waals surface area contributed by atoms with Crippen molar-refractivity contribution in [3.05, 3.63) is 65.4 Å². The van der Waals surface area contributed by atoms with Gasteiger partial charge in [-0.2, -0.15) is 8.42 Å². The van der Waals surface area contributed by atoms with Crippen molar-refractivity contribution in [1.82, 2.24) is 9.47 Å². The van der Waals surface area contributed by atoms with Crippen LogP contribution in [0, 0.1) is 12.8 Å². The van der Waals surface area contributed by atoms with Gasteiger partial charge in [-0.3, -0.25) is 4.18 Å². The van der Waals surface area contributed by atoms with Gasteiger partial charge in [0.1, 0.15) is 0 Å². The van der Waals surface area contributed by atoms with Gasteiger partial charge in [0.2, 0.25) is 0 Å². The molecule has 1 aromatic heterocycles. The molecular weight excluding hydrogens is 396 g/mol. The molecule has 0 N–H and O–H groups in total. The van der Waals surface area contributed by atoms with Crippen LogP contribution in [0.15, 0.2) is 53.6 Å². The summed E-state index contributed by atoms with van der Waals surface area (Å²) < 4.78 is 33.0. The lowest BCUT2D eigenvalue weighted by molar-refractivity contribution is 0.0854. The highest BCUT2D eigenvalue weighted by molar-refractivity contribution is 7.86. The van der Waals surface area contributed by atoms with Crippen molar-refractivity contribution >= 4 is 21.0 Å². The normalized spacial score (nSPS) is 24.2. The molecule has 1 aliphatic carbocycles. The second-order valence-electron chi connectivity index (χ2n) is 8.98. The Labute approximate surface area is 178 Å². The largest absolute Gasteiger partial charge is 0.350 e. The van der Waals surface area contributed by atoms with Crippen molar-refractivity contribution in [1.29, 1.82) is 0 Å². The third kappa shape index (κ3) is 3.27. The van der Waals surface area contributed by atoms with E-state index in [4.69, 9.17) is 4.18 Å². The average molecular weight is 425 g/mol. The molecule has 3 atom stereocenters. The topological polar surface area (TPSA) is 51.5 Å². The fourth-order valence-electron chi connectivity index (χ4n) is 5.41. The lowest BCUT2D eigenvalue weighted by atomic mass is 9.72. The van der Waals surface area contributed by atoms with Crippen LogP contribution in [0.1, 0.15) is 29.0 Å². The number of piperidine rings is 1. The Morgan fingerprint density at radius 3 is 2.63 bits per heavy atom. The zero-order valence-electron chi connectivity index (χ0n) is 17.7. The quantitative estimate of drug-likeness (QED) is 0.597. The van der Waals surface area contributed by atoms with Crippen LogP contribution in [0.25, 0.3) is 10.9 Å². The van der Waals surface area contributed by atoms with Gasteiger partial charge in [-0.05, 0) is 62.1 Å². The molecule has 0 spiro atoms. The van der Waals surface area contributed by atoms with E-state index >= 15 is 0 Å². The van der Waals surface area contributed by atoms with E-state index in [2.05, 4.69) is 48.0 Å². The lowest BCUT2D eigenvalue weighted by Gasteiger charge is -2.45. The molecule has 2 aliphatic rings. The van der Waals surface area contributed by atoms with Gasteiger partial charge in [-0.25, -0.2) is 0 Å². The van der Waals surface area contributed by atoms with Gasteiger partial charge >= 0.3 is 0 Å². The third-order valence-electron chi connectivity index (χ3n) is 6.89. The van der Waals surface area contributed by atoms with E-state index < -0.39 is 10.1 Å². The van der Waals surface area contributed by atoms with Crippen LogP contribution in [0.4, 0.5) is 0 Å². The number of nitrogens with zero attached hydrogens (tertiary/aromatic N) is 2. The Morgan fingerprint density at radius 2 is 1.87 bits per heavy atom. The van der Waals surface area contributed by atoms with Crippen LogP contribution in [-0.4, -0.2) is 44.1 Å². The Bertz CT molecular complexity index is 1200. The summed E-state index contributed by atoms with van der Waals surface area (Å²) in [5, 5.41) is 1.39. The molecule has 158 valence electrons. The predicted octanol–water partition coefficient (Wildman–Crippen LogP) is 3.85. The maximum atomic E-state index is 12.6. The highest BCUT2D eigenvalue weighted by Crippen LogP contribution is 2.44. The van der Waals surface area contributed by atoms with Crippen LogP contribution in [-0.2, 0) is 27.8 Å². The van der Waals surface area contributed by atoms with Crippen molar-refractivity contribution < 1.29 is 12.6 Å². The first-order valence-electron chi connectivity index (χ1n) is 10.6. The molecule has 0 amide bonds. The van der Waals surface area contributed by atoms with E-state index in [9.17, 15) is 8.42 Å². The number of benzene rings is 2. The molecule has 0 unspecified atom stereocenters. The first-order valence-corrected chi connectivity index (χ1v) is 12.0.